The van der Waals surface area contributed by atoms with Crippen LogP contribution < -0.4 is 5.32 Å². The standard InChI is InChI=1S/C18H11ClF4N6O/c19-13-5-10(18(21,22)23)8-28-15(26-27-16(13)28)7-25-17(30)14-6-24-9-29(14)12-3-1-11(20)2-4-12/h1-6,8-9H,7H2,(H,25,30). The molecule has 0 bridgehead atoms. The Kier molecular flexibility index (Phi) is 4.90. The Morgan fingerprint density at radius 3 is 2.60 bits per heavy atom. The van der Waals surface area contributed by atoms with E-state index < -0.39 is 23.5 Å². The van der Waals surface area contributed by atoms with E-state index in [1.807, 2.05) is 0 Å². The lowest BCUT2D eigenvalue weighted by Crippen LogP contribution is -2.26. The number of benzene rings is 1. The van der Waals surface area contributed by atoms with E-state index in [2.05, 4.69) is 20.5 Å². The van der Waals surface area contributed by atoms with Crippen LogP contribution in [0.1, 0.15) is 21.9 Å². The van der Waals surface area contributed by atoms with Gasteiger partial charge in [-0.15, -0.1) is 10.2 Å². The molecule has 0 aliphatic rings. The van der Waals surface area contributed by atoms with Crippen molar-refractivity contribution in [1.82, 2.24) is 29.5 Å². The van der Waals surface area contributed by atoms with Crippen molar-refractivity contribution in [3.05, 3.63) is 77.0 Å². The molecule has 0 spiro atoms. The molecule has 0 aliphatic heterocycles. The Labute approximate surface area is 170 Å². The maximum absolute atomic E-state index is 13.1. The number of rotatable bonds is 4. The van der Waals surface area contributed by atoms with Gasteiger partial charge in [-0.05, 0) is 30.3 Å². The van der Waals surface area contributed by atoms with E-state index in [1.165, 1.54) is 41.4 Å². The fourth-order valence-corrected chi connectivity index (χ4v) is 3.04. The van der Waals surface area contributed by atoms with Crippen LogP contribution in [0.25, 0.3) is 11.3 Å². The molecule has 1 amide bonds. The van der Waals surface area contributed by atoms with Gasteiger partial charge in [0.15, 0.2) is 11.5 Å². The molecule has 3 heterocycles. The third-order valence-electron chi connectivity index (χ3n) is 4.24. The van der Waals surface area contributed by atoms with E-state index in [0.29, 0.717) is 5.69 Å². The van der Waals surface area contributed by atoms with E-state index >= 15 is 0 Å². The summed E-state index contributed by atoms with van der Waals surface area (Å²) in [4.78, 5) is 16.5. The number of hydrogen-bond donors (Lipinski definition) is 1. The van der Waals surface area contributed by atoms with Crippen LogP contribution in [0, 0.1) is 5.82 Å². The second kappa shape index (κ2) is 7.41. The molecule has 154 valence electrons. The van der Waals surface area contributed by atoms with Gasteiger partial charge in [0.05, 0.1) is 29.7 Å². The highest BCUT2D eigenvalue weighted by atomic mass is 35.5. The zero-order valence-electron chi connectivity index (χ0n) is 14.9. The summed E-state index contributed by atoms with van der Waals surface area (Å²) in [6.07, 6.45) is -1.11. The fraction of sp³-hybridized carbons (Fsp3) is 0.111. The topological polar surface area (TPSA) is 77.1 Å². The number of imidazole rings is 1. The molecule has 0 fully saturated rings. The minimum atomic E-state index is -4.61. The minimum absolute atomic E-state index is 0.0327. The number of alkyl halides is 3. The number of hydrogen-bond acceptors (Lipinski definition) is 4. The lowest BCUT2D eigenvalue weighted by Gasteiger charge is -2.10. The molecule has 0 saturated carbocycles. The van der Waals surface area contributed by atoms with E-state index in [9.17, 15) is 22.4 Å². The first-order valence-electron chi connectivity index (χ1n) is 8.41. The van der Waals surface area contributed by atoms with Gasteiger partial charge in [0.2, 0.25) is 0 Å². The van der Waals surface area contributed by atoms with Crippen molar-refractivity contribution in [1.29, 1.82) is 0 Å². The zero-order chi connectivity index (χ0) is 21.5. The van der Waals surface area contributed by atoms with E-state index in [-0.39, 0.29) is 28.7 Å². The zero-order valence-corrected chi connectivity index (χ0v) is 15.6. The van der Waals surface area contributed by atoms with Crippen molar-refractivity contribution in [3.8, 4) is 5.69 Å². The first-order valence-corrected chi connectivity index (χ1v) is 8.78. The quantitative estimate of drug-likeness (QED) is 0.493. The highest BCUT2D eigenvalue weighted by molar-refractivity contribution is 6.33. The number of aromatic nitrogens is 5. The summed E-state index contributed by atoms with van der Waals surface area (Å²) in [6.45, 7) is -0.216. The van der Waals surface area contributed by atoms with Crippen LogP contribution in [0.2, 0.25) is 5.02 Å². The maximum Gasteiger partial charge on any atom is 0.417 e. The summed E-state index contributed by atoms with van der Waals surface area (Å²) in [5.41, 5.74) is -0.287. The van der Waals surface area contributed by atoms with Crippen molar-refractivity contribution in [3.63, 3.8) is 0 Å². The number of carbonyl (C=O) groups is 1. The predicted octanol–water partition coefficient (Wildman–Crippen LogP) is 3.66. The molecule has 4 rings (SSSR count). The molecule has 0 unspecified atom stereocenters. The minimum Gasteiger partial charge on any atom is -0.343 e. The van der Waals surface area contributed by atoms with Crippen molar-refractivity contribution in [2.45, 2.75) is 12.7 Å². The largest absolute Gasteiger partial charge is 0.417 e. The molecule has 0 radical (unpaired) electrons. The van der Waals surface area contributed by atoms with E-state index in [1.54, 1.807) is 0 Å². The lowest BCUT2D eigenvalue weighted by atomic mass is 10.2. The number of pyridine rings is 1. The Hall–Kier alpha value is -3.47. The lowest BCUT2D eigenvalue weighted by molar-refractivity contribution is -0.137. The summed E-state index contributed by atoms with van der Waals surface area (Å²) >= 11 is 5.88. The van der Waals surface area contributed by atoms with Gasteiger partial charge in [-0.2, -0.15) is 13.2 Å². The highest BCUT2D eigenvalue weighted by Crippen LogP contribution is 2.32. The average molecular weight is 439 g/mol. The van der Waals surface area contributed by atoms with Gasteiger partial charge in [-0.1, -0.05) is 11.6 Å². The number of amides is 1. The Balaban J connectivity index is 1.58. The van der Waals surface area contributed by atoms with Gasteiger partial charge in [-0.25, -0.2) is 9.37 Å². The summed E-state index contributed by atoms with van der Waals surface area (Å²) in [5.74, 6) is -0.939. The average Bonchev–Trinajstić information content (AvgIpc) is 3.33. The van der Waals surface area contributed by atoms with Crippen LogP contribution in [0.5, 0.6) is 0 Å². The maximum atomic E-state index is 13.1. The molecule has 0 aliphatic carbocycles. The molecule has 3 aromatic heterocycles. The molecule has 0 saturated heterocycles. The van der Waals surface area contributed by atoms with E-state index in [4.69, 9.17) is 11.6 Å². The summed E-state index contributed by atoms with van der Waals surface area (Å²) < 4.78 is 54.8. The highest BCUT2D eigenvalue weighted by Gasteiger charge is 2.32. The first kappa shape index (κ1) is 19.8. The van der Waals surface area contributed by atoms with Crippen LogP contribution >= 0.6 is 11.6 Å². The SMILES string of the molecule is O=C(NCc1nnc2c(Cl)cc(C(F)(F)F)cn12)c1cncn1-c1ccc(F)cc1. The van der Waals surface area contributed by atoms with Crippen molar-refractivity contribution >= 4 is 23.2 Å². The molecule has 1 N–H and O–H groups in total. The number of nitrogens with zero attached hydrogens (tertiary/aromatic N) is 5. The normalized spacial score (nSPS) is 11.8. The summed E-state index contributed by atoms with van der Waals surface area (Å²) in [5, 5.41) is 9.91. The molecule has 1 aromatic carbocycles. The van der Waals surface area contributed by atoms with Crippen molar-refractivity contribution < 1.29 is 22.4 Å². The third-order valence-corrected chi connectivity index (χ3v) is 4.52. The van der Waals surface area contributed by atoms with Gasteiger partial charge in [0, 0.05) is 11.9 Å². The van der Waals surface area contributed by atoms with Gasteiger partial charge in [-0.3, -0.25) is 13.8 Å². The summed E-state index contributed by atoms with van der Waals surface area (Å²) in [7, 11) is 0. The second-order valence-corrected chi connectivity index (χ2v) is 6.60. The smallest absolute Gasteiger partial charge is 0.343 e. The van der Waals surface area contributed by atoms with Crippen LogP contribution in [0.3, 0.4) is 0 Å². The van der Waals surface area contributed by atoms with Gasteiger partial charge in [0.25, 0.3) is 5.91 Å². The van der Waals surface area contributed by atoms with E-state index in [0.717, 1.165) is 16.7 Å². The number of fused-ring (bicyclic) bond motifs is 1. The van der Waals surface area contributed by atoms with Crippen molar-refractivity contribution in [2.24, 2.45) is 0 Å². The summed E-state index contributed by atoms with van der Waals surface area (Å²) in [6, 6.07) is 6.18. The number of nitrogens with one attached hydrogen (secondary N) is 1. The number of halogens is 5. The second-order valence-electron chi connectivity index (χ2n) is 6.19. The van der Waals surface area contributed by atoms with Crippen LogP contribution in [0.15, 0.2) is 49.1 Å². The Bertz CT molecular complexity index is 1230. The van der Waals surface area contributed by atoms with Gasteiger partial charge in [0.1, 0.15) is 11.5 Å². The molecule has 7 nitrogen and oxygen atoms in total. The Morgan fingerprint density at radius 2 is 1.90 bits per heavy atom. The first-order chi connectivity index (χ1) is 14.2. The van der Waals surface area contributed by atoms with Gasteiger partial charge >= 0.3 is 6.18 Å². The molecule has 30 heavy (non-hydrogen) atoms. The molecule has 0 atom stereocenters. The van der Waals surface area contributed by atoms with Crippen LogP contribution in [0.4, 0.5) is 17.6 Å². The van der Waals surface area contributed by atoms with Crippen LogP contribution in [-0.2, 0) is 12.7 Å². The van der Waals surface area contributed by atoms with Gasteiger partial charge < -0.3 is 5.32 Å². The molecule has 12 heteroatoms. The fourth-order valence-electron chi connectivity index (χ4n) is 2.80. The Morgan fingerprint density at radius 1 is 1.17 bits per heavy atom. The monoisotopic (exact) mass is 438 g/mol. The molecular weight excluding hydrogens is 428 g/mol. The predicted molar refractivity (Wildman–Crippen MR) is 97.7 cm³/mol. The third kappa shape index (κ3) is 3.71. The molecule has 4 aromatic rings. The van der Waals surface area contributed by atoms with Crippen LogP contribution in [-0.4, -0.2) is 30.1 Å². The van der Waals surface area contributed by atoms with Crippen molar-refractivity contribution in [2.75, 3.05) is 0 Å². The number of carbonyl (C=O) groups excluding carboxylic acids is 1. The molecular formula is C18H11ClF4N6O.